The molecule has 0 radical (unpaired) electrons. The molecule has 2 aromatic carbocycles. The molecule has 1 aliphatic carbocycles. The van der Waals surface area contributed by atoms with E-state index in [1.54, 1.807) is 11.8 Å². The fraction of sp³-hybridized carbons (Fsp3) is 0.483. The van der Waals surface area contributed by atoms with Crippen LogP contribution in [-0.4, -0.2) is 20.4 Å². The molecule has 34 heavy (non-hydrogen) atoms. The molecule has 0 amide bonds. The van der Waals surface area contributed by atoms with Crippen LogP contribution in [0.4, 0.5) is 0 Å². The Morgan fingerprint density at radius 3 is 2.35 bits per heavy atom. The van der Waals surface area contributed by atoms with Gasteiger partial charge in [0.2, 0.25) is 0 Å². The standard InChI is InChI=1S/C29H36ClNO2S/c1-18(2)21-14-15-23-22(17-21)26(34-28(4,5)6)25(24(30)20-12-8-7-9-13-20)31(23)29(27(32)33)16-10-11-19(29)3/h7-9,12-15,17-19,24H,10-11,16H2,1-6H3,(H,32,33). The van der Waals surface area contributed by atoms with Gasteiger partial charge in [-0.1, -0.05) is 84.4 Å². The molecule has 0 spiro atoms. The fourth-order valence-corrected chi connectivity index (χ4v) is 7.04. The number of benzene rings is 2. The van der Waals surface area contributed by atoms with Gasteiger partial charge in [0.15, 0.2) is 0 Å². The number of aliphatic carboxylic acids is 1. The Kier molecular flexibility index (Phi) is 6.87. The van der Waals surface area contributed by atoms with Crippen LogP contribution < -0.4 is 0 Å². The number of rotatable bonds is 6. The van der Waals surface area contributed by atoms with Crippen LogP contribution in [0, 0.1) is 5.92 Å². The summed E-state index contributed by atoms with van der Waals surface area (Å²) < 4.78 is 2.07. The van der Waals surface area contributed by atoms with Gasteiger partial charge < -0.3 is 9.67 Å². The average Bonchev–Trinajstić information content (AvgIpc) is 3.31. The number of nitrogens with zero attached hydrogens (tertiary/aromatic N) is 1. The van der Waals surface area contributed by atoms with E-state index in [2.05, 4.69) is 64.3 Å². The van der Waals surface area contributed by atoms with Crippen molar-refractivity contribution in [2.75, 3.05) is 0 Å². The van der Waals surface area contributed by atoms with E-state index in [0.29, 0.717) is 12.3 Å². The molecule has 1 aromatic heterocycles. The molecule has 0 bridgehead atoms. The van der Waals surface area contributed by atoms with E-state index in [9.17, 15) is 9.90 Å². The number of halogens is 1. The summed E-state index contributed by atoms with van der Waals surface area (Å²) >= 11 is 9.10. The number of carboxylic acids is 1. The van der Waals surface area contributed by atoms with Gasteiger partial charge in [0.25, 0.3) is 0 Å². The second kappa shape index (κ2) is 9.28. The molecule has 3 nitrogen and oxygen atoms in total. The molecule has 182 valence electrons. The first-order chi connectivity index (χ1) is 16.0. The van der Waals surface area contributed by atoms with Crippen molar-refractivity contribution in [2.45, 2.75) is 87.3 Å². The van der Waals surface area contributed by atoms with Crippen molar-refractivity contribution in [3.05, 3.63) is 65.4 Å². The zero-order chi connectivity index (χ0) is 24.8. The van der Waals surface area contributed by atoms with Gasteiger partial charge in [0, 0.05) is 15.0 Å². The number of thioether (sulfide) groups is 1. The third kappa shape index (κ3) is 4.28. The van der Waals surface area contributed by atoms with Crippen molar-refractivity contribution >= 4 is 40.2 Å². The van der Waals surface area contributed by atoms with E-state index in [0.717, 1.165) is 39.9 Å². The van der Waals surface area contributed by atoms with Crippen molar-refractivity contribution < 1.29 is 9.90 Å². The van der Waals surface area contributed by atoms with Gasteiger partial charge in [-0.05, 0) is 47.9 Å². The fourth-order valence-electron chi connectivity index (χ4n) is 5.42. The SMILES string of the molecule is CC(C)c1ccc2c(c1)c(SC(C)(C)C)c(C(Cl)c1ccccc1)n2C1(C(=O)O)CCCC1C. The highest BCUT2D eigenvalue weighted by Crippen LogP contribution is 2.52. The number of carbonyl (C=O) groups is 1. The van der Waals surface area contributed by atoms with Gasteiger partial charge in [-0.3, -0.25) is 0 Å². The number of hydrogen-bond acceptors (Lipinski definition) is 2. The molecule has 3 aromatic rings. The van der Waals surface area contributed by atoms with Crippen LogP contribution in [0.15, 0.2) is 53.4 Å². The first kappa shape index (κ1) is 25.2. The van der Waals surface area contributed by atoms with Crippen molar-refractivity contribution in [1.82, 2.24) is 4.57 Å². The Balaban J connectivity index is 2.15. The molecule has 0 saturated heterocycles. The molecule has 1 heterocycles. The van der Waals surface area contributed by atoms with E-state index in [-0.39, 0.29) is 10.7 Å². The number of hydrogen-bond donors (Lipinski definition) is 1. The monoisotopic (exact) mass is 497 g/mol. The normalized spacial score (nSPS) is 21.9. The quantitative estimate of drug-likeness (QED) is 0.274. The lowest BCUT2D eigenvalue weighted by molar-refractivity contribution is -0.149. The zero-order valence-electron chi connectivity index (χ0n) is 21.1. The number of aromatic nitrogens is 1. The zero-order valence-corrected chi connectivity index (χ0v) is 22.6. The lowest BCUT2D eigenvalue weighted by Crippen LogP contribution is -2.45. The Labute approximate surface area is 212 Å². The molecule has 3 unspecified atom stereocenters. The maximum atomic E-state index is 13.1. The van der Waals surface area contributed by atoms with Gasteiger partial charge in [-0.25, -0.2) is 4.79 Å². The van der Waals surface area contributed by atoms with E-state index in [4.69, 9.17) is 11.6 Å². The highest BCUT2D eigenvalue weighted by molar-refractivity contribution is 8.00. The van der Waals surface area contributed by atoms with E-state index in [1.807, 2.05) is 30.3 Å². The predicted molar refractivity (Wildman–Crippen MR) is 144 cm³/mol. The molecule has 1 aliphatic rings. The smallest absolute Gasteiger partial charge is 0.330 e. The number of carboxylic acid groups (broad SMARTS) is 1. The minimum absolute atomic E-state index is 0.0104. The van der Waals surface area contributed by atoms with E-state index >= 15 is 0 Å². The van der Waals surface area contributed by atoms with Crippen molar-refractivity contribution in [1.29, 1.82) is 0 Å². The molecule has 5 heteroatoms. The topological polar surface area (TPSA) is 42.2 Å². The van der Waals surface area contributed by atoms with Crippen LogP contribution in [0.1, 0.15) is 88.9 Å². The van der Waals surface area contributed by atoms with E-state index in [1.165, 1.54) is 5.56 Å². The van der Waals surface area contributed by atoms with Crippen LogP contribution >= 0.6 is 23.4 Å². The molecule has 1 fully saturated rings. The summed E-state index contributed by atoms with van der Waals surface area (Å²) in [4.78, 5) is 14.2. The van der Waals surface area contributed by atoms with Gasteiger partial charge >= 0.3 is 5.97 Å². The summed E-state index contributed by atoms with van der Waals surface area (Å²) in [5.74, 6) is -0.368. The van der Waals surface area contributed by atoms with Gasteiger partial charge in [-0.15, -0.1) is 23.4 Å². The van der Waals surface area contributed by atoms with Crippen LogP contribution in [-0.2, 0) is 10.3 Å². The Hall–Kier alpha value is -1.91. The number of fused-ring (bicyclic) bond motifs is 1. The lowest BCUT2D eigenvalue weighted by atomic mass is 9.87. The summed E-state index contributed by atoms with van der Waals surface area (Å²) in [5, 5.41) is 11.4. The average molecular weight is 498 g/mol. The lowest BCUT2D eigenvalue weighted by Gasteiger charge is -2.35. The summed E-state index contributed by atoms with van der Waals surface area (Å²) in [6.07, 6.45) is 2.41. The highest BCUT2D eigenvalue weighted by Gasteiger charge is 2.51. The van der Waals surface area contributed by atoms with Crippen LogP contribution in [0.2, 0.25) is 0 Å². The van der Waals surface area contributed by atoms with Crippen molar-refractivity contribution in [2.24, 2.45) is 5.92 Å². The molecular formula is C29H36ClNO2S. The second-order valence-corrected chi connectivity index (χ2v) is 13.3. The first-order valence-corrected chi connectivity index (χ1v) is 13.5. The van der Waals surface area contributed by atoms with Crippen LogP contribution in [0.25, 0.3) is 10.9 Å². The second-order valence-electron chi connectivity index (χ2n) is 11.0. The molecule has 1 N–H and O–H groups in total. The molecule has 4 rings (SSSR count). The highest BCUT2D eigenvalue weighted by atomic mass is 35.5. The van der Waals surface area contributed by atoms with Gasteiger partial charge in [0.05, 0.1) is 16.6 Å². The van der Waals surface area contributed by atoms with Crippen LogP contribution in [0.3, 0.4) is 0 Å². The summed E-state index contributed by atoms with van der Waals surface area (Å²) in [7, 11) is 0. The molecule has 0 aliphatic heterocycles. The van der Waals surface area contributed by atoms with Crippen molar-refractivity contribution in [3.8, 4) is 0 Å². The molecule has 3 atom stereocenters. The Bertz CT molecular complexity index is 1190. The molecule has 1 saturated carbocycles. The maximum Gasteiger partial charge on any atom is 0.330 e. The minimum Gasteiger partial charge on any atom is -0.479 e. The third-order valence-corrected chi connectivity index (χ3v) is 8.87. The summed E-state index contributed by atoms with van der Waals surface area (Å²) in [6, 6.07) is 16.6. The van der Waals surface area contributed by atoms with Gasteiger partial charge in [-0.2, -0.15) is 0 Å². The largest absolute Gasteiger partial charge is 0.479 e. The third-order valence-electron chi connectivity index (χ3n) is 7.17. The predicted octanol–water partition coefficient (Wildman–Crippen LogP) is 8.58. The Morgan fingerprint density at radius 2 is 1.82 bits per heavy atom. The minimum atomic E-state index is -1.01. The first-order valence-electron chi connectivity index (χ1n) is 12.3. The van der Waals surface area contributed by atoms with Gasteiger partial charge in [0.1, 0.15) is 5.54 Å². The maximum absolute atomic E-state index is 13.1. The Morgan fingerprint density at radius 1 is 1.15 bits per heavy atom. The summed E-state index contributed by atoms with van der Waals surface area (Å²) in [6.45, 7) is 13.1. The van der Waals surface area contributed by atoms with Crippen LogP contribution in [0.5, 0.6) is 0 Å². The van der Waals surface area contributed by atoms with Crippen molar-refractivity contribution in [3.63, 3.8) is 0 Å². The summed E-state index contributed by atoms with van der Waals surface area (Å²) in [5.41, 5.74) is 3.12. The molecular weight excluding hydrogens is 462 g/mol. The number of alkyl halides is 1. The van der Waals surface area contributed by atoms with E-state index < -0.39 is 16.9 Å².